The standard InChI is InChI=1S/C21H33N3/c1-23(2)16-8-3-7-14-22-15-13-19-18-10-4-5-11-20(18)24-17-9-6-12-21(19)24/h6,9,12,17,22H,3-5,7-8,10-11,13-16H2,1-2H3. The Bertz CT molecular complexity index is 642. The van der Waals surface area contributed by atoms with Gasteiger partial charge in [0, 0.05) is 17.4 Å². The summed E-state index contributed by atoms with van der Waals surface area (Å²) in [6.45, 7) is 3.47. The van der Waals surface area contributed by atoms with Gasteiger partial charge in [0.25, 0.3) is 0 Å². The van der Waals surface area contributed by atoms with Gasteiger partial charge in [0.15, 0.2) is 0 Å². The van der Waals surface area contributed by atoms with E-state index in [0.29, 0.717) is 0 Å². The summed E-state index contributed by atoms with van der Waals surface area (Å²) in [6.07, 6.45) is 12.6. The number of unbranched alkanes of at least 4 members (excludes halogenated alkanes) is 2. The lowest BCUT2D eigenvalue weighted by atomic mass is 9.93. The largest absolute Gasteiger partial charge is 0.320 e. The monoisotopic (exact) mass is 327 g/mol. The first-order chi connectivity index (χ1) is 11.8. The molecule has 1 aliphatic carbocycles. The lowest BCUT2D eigenvalue weighted by Crippen LogP contribution is -2.19. The van der Waals surface area contributed by atoms with Crippen LogP contribution in [0.1, 0.15) is 48.9 Å². The number of pyridine rings is 1. The van der Waals surface area contributed by atoms with E-state index >= 15 is 0 Å². The average molecular weight is 328 g/mol. The predicted octanol–water partition coefficient (Wildman–Crippen LogP) is 3.68. The van der Waals surface area contributed by atoms with Gasteiger partial charge in [0.2, 0.25) is 0 Å². The third kappa shape index (κ3) is 4.20. The van der Waals surface area contributed by atoms with Crippen LogP contribution in [0.3, 0.4) is 0 Å². The van der Waals surface area contributed by atoms with E-state index < -0.39 is 0 Å². The summed E-state index contributed by atoms with van der Waals surface area (Å²) >= 11 is 0. The summed E-state index contributed by atoms with van der Waals surface area (Å²) < 4.78 is 2.45. The minimum atomic E-state index is 1.11. The quantitative estimate of drug-likeness (QED) is 0.709. The molecule has 1 aliphatic rings. The van der Waals surface area contributed by atoms with Crippen LogP contribution in [0.5, 0.6) is 0 Å². The molecule has 0 saturated carbocycles. The topological polar surface area (TPSA) is 19.7 Å². The Kier molecular flexibility index (Phi) is 6.33. The van der Waals surface area contributed by atoms with Gasteiger partial charge in [-0.05, 0) is 102 Å². The van der Waals surface area contributed by atoms with E-state index in [0.717, 1.165) is 13.1 Å². The molecule has 3 nitrogen and oxygen atoms in total. The van der Waals surface area contributed by atoms with Crippen molar-refractivity contribution in [3.63, 3.8) is 0 Å². The second-order valence-corrected chi connectivity index (χ2v) is 7.43. The Morgan fingerprint density at radius 1 is 1.04 bits per heavy atom. The maximum atomic E-state index is 3.66. The number of aromatic nitrogens is 1. The van der Waals surface area contributed by atoms with Crippen LogP contribution in [0.25, 0.3) is 5.52 Å². The van der Waals surface area contributed by atoms with Crippen LogP contribution in [0.2, 0.25) is 0 Å². The summed E-state index contributed by atoms with van der Waals surface area (Å²) in [4.78, 5) is 2.27. The summed E-state index contributed by atoms with van der Waals surface area (Å²) in [6, 6.07) is 6.65. The molecule has 0 spiro atoms. The number of nitrogens with zero attached hydrogens (tertiary/aromatic N) is 2. The molecule has 132 valence electrons. The lowest BCUT2D eigenvalue weighted by molar-refractivity contribution is 0.390. The van der Waals surface area contributed by atoms with Gasteiger partial charge in [-0.15, -0.1) is 0 Å². The summed E-state index contributed by atoms with van der Waals surface area (Å²) in [5.41, 5.74) is 6.28. The number of aryl methyl sites for hydroxylation is 1. The van der Waals surface area contributed by atoms with Crippen LogP contribution in [0.4, 0.5) is 0 Å². The highest BCUT2D eigenvalue weighted by Crippen LogP contribution is 2.30. The Balaban J connectivity index is 1.51. The minimum absolute atomic E-state index is 1.11. The molecule has 24 heavy (non-hydrogen) atoms. The molecule has 0 amide bonds. The maximum Gasteiger partial charge on any atom is 0.0488 e. The van der Waals surface area contributed by atoms with Crippen LogP contribution in [0, 0.1) is 0 Å². The van der Waals surface area contributed by atoms with Gasteiger partial charge in [-0.25, -0.2) is 0 Å². The molecule has 0 fully saturated rings. The number of fused-ring (bicyclic) bond motifs is 3. The molecular weight excluding hydrogens is 294 g/mol. The van der Waals surface area contributed by atoms with E-state index in [1.54, 1.807) is 16.8 Å². The Morgan fingerprint density at radius 2 is 1.92 bits per heavy atom. The first-order valence-corrected chi connectivity index (χ1v) is 9.72. The number of nitrogens with one attached hydrogen (secondary N) is 1. The van der Waals surface area contributed by atoms with E-state index in [-0.39, 0.29) is 0 Å². The highest BCUT2D eigenvalue weighted by Gasteiger charge is 2.19. The summed E-state index contributed by atoms with van der Waals surface area (Å²) in [5, 5.41) is 3.66. The molecule has 0 unspecified atom stereocenters. The second-order valence-electron chi connectivity index (χ2n) is 7.43. The zero-order valence-electron chi connectivity index (χ0n) is 15.5. The molecule has 0 aromatic carbocycles. The zero-order valence-corrected chi connectivity index (χ0v) is 15.5. The number of hydrogen-bond acceptors (Lipinski definition) is 2. The van der Waals surface area contributed by atoms with Crippen LogP contribution >= 0.6 is 0 Å². The van der Waals surface area contributed by atoms with Crippen LogP contribution in [-0.4, -0.2) is 43.0 Å². The smallest absolute Gasteiger partial charge is 0.0488 e. The second kappa shape index (κ2) is 8.68. The SMILES string of the molecule is CN(C)CCCCCNCCc1c2c(n3ccccc13)CCCC2. The summed E-state index contributed by atoms with van der Waals surface area (Å²) in [5.74, 6) is 0. The highest BCUT2D eigenvalue weighted by atomic mass is 15.0. The Morgan fingerprint density at radius 3 is 2.79 bits per heavy atom. The normalized spacial score (nSPS) is 14.5. The fraction of sp³-hybridized carbons (Fsp3) is 0.619. The Labute approximate surface area is 147 Å². The molecule has 0 radical (unpaired) electrons. The molecule has 1 N–H and O–H groups in total. The third-order valence-electron chi connectivity index (χ3n) is 5.27. The predicted molar refractivity (Wildman–Crippen MR) is 103 cm³/mol. The number of hydrogen-bond donors (Lipinski definition) is 1. The first kappa shape index (κ1) is 17.5. The van der Waals surface area contributed by atoms with E-state index in [2.05, 4.69) is 53.1 Å². The molecule has 3 heteroatoms. The van der Waals surface area contributed by atoms with Gasteiger partial charge in [-0.2, -0.15) is 0 Å². The molecule has 0 saturated heterocycles. The van der Waals surface area contributed by atoms with E-state index in [1.165, 1.54) is 63.4 Å². The minimum Gasteiger partial charge on any atom is -0.320 e. The van der Waals surface area contributed by atoms with Crippen molar-refractivity contribution in [2.24, 2.45) is 0 Å². The molecule has 0 aliphatic heterocycles. The van der Waals surface area contributed by atoms with Crippen molar-refractivity contribution >= 4 is 5.52 Å². The van der Waals surface area contributed by atoms with E-state index in [4.69, 9.17) is 0 Å². The number of rotatable bonds is 9. The molecule has 3 rings (SSSR count). The molecular formula is C21H33N3. The van der Waals surface area contributed by atoms with Gasteiger partial charge < -0.3 is 14.6 Å². The van der Waals surface area contributed by atoms with Crippen LogP contribution < -0.4 is 5.32 Å². The van der Waals surface area contributed by atoms with E-state index in [1.807, 2.05) is 0 Å². The van der Waals surface area contributed by atoms with Crippen molar-refractivity contribution in [2.75, 3.05) is 33.7 Å². The molecule has 0 bridgehead atoms. The van der Waals surface area contributed by atoms with Crippen molar-refractivity contribution in [3.8, 4) is 0 Å². The van der Waals surface area contributed by atoms with Gasteiger partial charge in [0.05, 0.1) is 0 Å². The van der Waals surface area contributed by atoms with Crippen molar-refractivity contribution in [2.45, 2.75) is 51.4 Å². The van der Waals surface area contributed by atoms with E-state index in [9.17, 15) is 0 Å². The van der Waals surface area contributed by atoms with Crippen LogP contribution in [-0.2, 0) is 19.3 Å². The lowest BCUT2D eigenvalue weighted by Gasteiger charge is -2.13. The third-order valence-corrected chi connectivity index (χ3v) is 5.27. The van der Waals surface area contributed by atoms with Gasteiger partial charge in [-0.3, -0.25) is 0 Å². The zero-order chi connectivity index (χ0) is 16.8. The van der Waals surface area contributed by atoms with Crippen molar-refractivity contribution in [1.82, 2.24) is 14.6 Å². The molecule has 0 atom stereocenters. The first-order valence-electron chi connectivity index (χ1n) is 9.72. The van der Waals surface area contributed by atoms with Crippen molar-refractivity contribution in [1.29, 1.82) is 0 Å². The molecule has 2 heterocycles. The summed E-state index contributed by atoms with van der Waals surface area (Å²) in [7, 11) is 4.31. The molecule has 2 aromatic heterocycles. The van der Waals surface area contributed by atoms with Gasteiger partial charge >= 0.3 is 0 Å². The molecule has 2 aromatic rings. The fourth-order valence-corrected chi connectivity index (χ4v) is 4.03. The average Bonchev–Trinajstić information content (AvgIpc) is 2.91. The van der Waals surface area contributed by atoms with Crippen LogP contribution in [0.15, 0.2) is 24.4 Å². The fourth-order valence-electron chi connectivity index (χ4n) is 4.03. The van der Waals surface area contributed by atoms with Gasteiger partial charge in [-0.1, -0.05) is 12.5 Å². The van der Waals surface area contributed by atoms with Gasteiger partial charge in [0.1, 0.15) is 0 Å². The van der Waals surface area contributed by atoms with Crippen molar-refractivity contribution < 1.29 is 0 Å². The maximum absolute atomic E-state index is 3.66. The Hall–Kier alpha value is -1.32. The highest BCUT2D eigenvalue weighted by molar-refractivity contribution is 5.62. The van der Waals surface area contributed by atoms with Crippen molar-refractivity contribution in [3.05, 3.63) is 41.2 Å².